The Bertz CT molecular complexity index is 476. The molecule has 0 spiro atoms. The molecule has 0 radical (unpaired) electrons. The van der Waals surface area contributed by atoms with E-state index in [1.807, 2.05) is 0 Å². The lowest BCUT2D eigenvalue weighted by Crippen LogP contribution is -2.26. The molecular formula is C12H12BrF3O4. The fourth-order valence-corrected chi connectivity index (χ4v) is 1.86. The van der Waals surface area contributed by atoms with Crippen molar-refractivity contribution in [2.45, 2.75) is 32.2 Å². The maximum absolute atomic E-state index is 12.1. The lowest BCUT2D eigenvalue weighted by atomic mass is 10.2. The van der Waals surface area contributed by atoms with Crippen molar-refractivity contribution in [2.24, 2.45) is 0 Å². The third-order valence-corrected chi connectivity index (χ3v) is 2.85. The van der Waals surface area contributed by atoms with Crippen LogP contribution in [0.1, 0.15) is 19.8 Å². The summed E-state index contributed by atoms with van der Waals surface area (Å²) in [4.78, 5) is 10.9. The first-order valence-corrected chi connectivity index (χ1v) is 6.47. The summed E-state index contributed by atoms with van der Waals surface area (Å²) >= 11 is 2.91. The molecule has 1 atom stereocenters. The Morgan fingerprint density at radius 3 is 2.55 bits per heavy atom. The number of ether oxygens (including phenoxy) is 2. The molecule has 112 valence electrons. The van der Waals surface area contributed by atoms with Gasteiger partial charge in [0, 0.05) is 0 Å². The largest absolute Gasteiger partial charge is 0.573 e. The van der Waals surface area contributed by atoms with E-state index < -0.39 is 24.2 Å². The number of rotatable bonds is 6. The monoisotopic (exact) mass is 356 g/mol. The van der Waals surface area contributed by atoms with E-state index in [2.05, 4.69) is 20.7 Å². The van der Waals surface area contributed by atoms with Crippen molar-refractivity contribution in [3.05, 3.63) is 22.7 Å². The molecule has 0 bridgehead atoms. The van der Waals surface area contributed by atoms with Crippen LogP contribution in [-0.4, -0.2) is 23.5 Å². The molecule has 4 nitrogen and oxygen atoms in total. The minimum atomic E-state index is -4.79. The van der Waals surface area contributed by atoms with Gasteiger partial charge in [-0.2, -0.15) is 0 Å². The molecule has 0 aliphatic carbocycles. The summed E-state index contributed by atoms with van der Waals surface area (Å²) < 4.78 is 45.3. The number of carbonyl (C=O) groups is 1. The molecular weight excluding hydrogens is 345 g/mol. The van der Waals surface area contributed by atoms with Crippen molar-refractivity contribution in [1.29, 1.82) is 0 Å². The number of carboxylic acid groups (broad SMARTS) is 1. The number of benzene rings is 1. The Kier molecular flexibility index (Phi) is 5.67. The van der Waals surface area contributed by atoms with Gasteiger partial charge in [-0.1, -0.05) is 13.3 Å². The van der Waals surface area contributed by atoms with E-state index in [9.17, 15) is 18.0 Å². The molecule has 0 fully saturated rings. The minimum absolute atomic E-state index is 0.0213. The second-order valence-corrected chi connectivity index (χ2v) is 4.73. The summed E-state index contributed by atoms with van der Waals surface area (Å²) in [5.41, 5.74) is 0. The number of hydrogen-bond acceptors (Lipinski definition) is 3. The Morgan fingerprint density at radius 2 is 2.10 bits per heavy atom. The molecule has 8 heteroatoms. The molecule has 0 aliphatic rings. The van der Waals surface area contributed by atoms with Gasteiger partial charge in [0.05, 0.1) is 4.47 Å². The predicted molar refractivity (Wildman–Crippen MR) is 67.8 cm³/mol. The van der Waals surface area contributed by atoms with Crippen LogP contribution in [0.15, 0.2) is 22.7 Å². The van der Waals surface area contributed by atoms with Gasteiger partial charge < -0.3 is 14.6 Å². The van der Waals surface area contributed by atoms with Gasteiger partial charge in [-0.05, 0) is 40.5 Å². The van der Waals surface area contributed by atoms with Crippen molar-refractivity contribution < 1.29 is 32.5 Å². The Morgan fingerprint density at radius 1 is 1.45 bits per heavy atom. The van der Waals surface area contributed by atoms with Crippen LogP contribution in [0.2, 0.25) is 0 Å². The van der Waals surface area contributed by atoms with Crippen LogP contribution in [0, 0.1) is 0 Å². The van der Waals surface area contributed by atoms with E-state index in [1.165, 1.54) is 12.1 Å². The molecule has 0 saturated heterocycles. The third-order valence-electron chi connectivity index (χ3n) is 2.23. The maximum Gasteiger partial charge on any atom is 0.573 e. The Labute approximate surface area is 121 Å². The van der Waals surface area contributed by atoms with Gasteiger partial charge >= 0.3 is 12.3 Å². The van der Waals surface area contributed by atoms with Crippen LogP contribution in [0.4, 0.5) is 13.2 Å². The van der Waals surface area contributed by atoms with E-state index >= 15 is 0 Å². The molecule has 1 aromatic rings. The van der Waals surface area contributed by atoms with E-state index in [-0.39, 0.29) is 10.2 Å². The van der Waals surface area contributed by atoms with Gasteiger partial charge in [-0.3, -0.25) is 0 Å². The highest BCUT2D eigenvalue weighted by Crippen LogP contribution is 2.33. The van der Waals surface area contributed by atoms with E-state index in [1.54, 1.807) is 6.92 Å². The highest BCUT2D eigenvalue weighted by atomic mass is 79.9. The SMILES string of the molecule is CCCC(Oc1ccc(OC(F)(F)F)c(Br)c1)C(=O)O. The quantitative estimate of drug-likeness (QED) is 0.837. The average molecular weight is 357 g/mol. The molecule has 0 amide bonds. The molecule has 0 aromatic heterocycles. The fourth-order valence-electron chi connectivity index (χ4n) is 1.42. The average Bonchev–Trinajstić information content (AvgIpc) is 2.30. The number of halogens is 4. The van der Waals surface area contributed by atoms with Crippen molar-refractivity contribution in [3.8, 4) is 11.5 Å². The summed E-state index contributed by atoms with van der Waals surface area (Å²) in [5.74, 6) is -1.40. The zero-order chi connectivity index (χ0) is 15.3. The second kappa shape index (κ2) is 6.83. The predicted octanol–water partition coefficient (Wildman–Crippen LogP) is 3.98. The van der Waals surface area contributed by atoms with E-state index in [0.29, 0.717) is 12.8 Å². The van der Waals surface area contributed by atoms with E-state index in [4.69, 9.17) is 9.84 Å². The lowest BCUT2D eigenvalue weighted by Gasteiger charge is -2.16. The molecule has 1 N–H and O–H groups in total. The molecule has 0 saturated carbocycles. The zero-order valence-electron chi connectivity index (χ0n) is 10.4. The highest BCUT2D eigenvalue weighted by Gasteiger charge is 2.32. The van der Waals surface area contributed by atoms with Crippen molar-refractivity contribution in [1.82, 2.24) is 0 Å². The number of aliphatic carboxylic acids is 1. The van der Waals surface area contributed by atoms with Crippen LogP contribution in [0.3, 0.4) is 0 Å². The normalized spacial score (nSPS) is 12.8. The Hall–Kier alpha value is -1.44. The number of alkyl halides is 3. The number of hydrogen-bond donors (Lipinski definition) is 1. The third kappa shape index (κ3) is 5.28. The summed E-state index contributed by atoms with van der Waals surface area (Å²) in [6.45, 7) is 1.80. The van der Waals surface area contributed by atoms with Crippen molar-refractivity contribution in [3.63, 3.8) is 0 Å². The first-order chi connectivity index (χ1) is 9.23. The highest BCUT2D eigenvalue weighted by molar-refractivity contribution is 9.10. The summed E-state index contributed by atoms with van der Waals surface area (Å²) in [7, 11) is 0. The summed E-state index contributed by atoms with van der Waals surface area (Å²) in [6.07, 6.45) is -4.93. The molecule has 20 heavy (non-hydrogen) atoms. The molecule has 0 heterocycles. The van der Waals surface area contributed by atoms with Crippen LogP contribution >= 0.6 is 15.9 Å². The molecule has 1 rings (SSSR count). The smallest absolute Gasteiger partial charge is 0.479 e. The van der Waals surface area contributed by atoms with Crippen molar-refractivity contribution >= 4 is 21.9 Å². The number of carboxylic acids is 1. The summed E-state index contributed by atoms with van der Waals surface area (Å²) in [6, 6.07) is 3.50. The first-order valence-electron chi connectivity index (χ1n) is 5.67. The van der Waals surface area contributed by atoms with Gasteiger partial charge in [-0.25, -0.2) is 4.79 Å². The summed E-state index contributed by atoms with van der Waals surface area (Å²) in [5, 5.41) is 8.93. The fraction of sp³-hybridized carbons (Fsp3) is 0.417. The van der Waals surface area contributed by atoms with Crippen LogP contribution in [-0.2, 0) is 4.79 Å². The topological polar surface area (TPSA) is 55.8 Å². The maximum atomic E-state index is 12.1. The van der Waals surface area contributed by atoms with Crippen LogP contribution in [0.5, 0.6) is 11.5 Å². The van der Waals surface area contributed by atoms with Gasteiger partial charge in [0.1, 0.15) is 11.5 Å². The van der Waals surface area contributed by atoms with Gasteiger partial charge in [-0.15, -0.1) is 13.2 Å². The van der Waals surface area contributed by atoms with Crippen LogP contribution < -0.4 is 9.47 Å². The molecule has 1 unspecified atom stereocenters. The standard InChI is InChI=1S/C12H12BrF3O4/c1-2-3-10(11(17)18)19-7-4-5-9(8(13)6-7)20-12(14,15)16/h4-6,10H,2-3H2,1H3,(H,17,18). The van der Waals surface area contributed by atoms with Gasteiger partial charge in [0.2, 0.25) is 0 Å². The minimum Gasteiger partial charge on any atom is -0.479 e. The van der Waals surface area contributed by atoms with E-state index in [0.717, 1.165) is 6.07 Å². The molecule has 1 aromatic carbocycles. The van der Waals surface area contributed by atoms with Gasteiger partial charge in [0.25, 0.3) is 0 Å². The first kappa shape index (κ1) is 16.6. The zero-order valence-corrected chi connectivity index (χ0v) is 12.0. The van der Waals surface area contributed by atoms with Gasteiger partial charge in [0.15, 0.2) is 6.10 Å². The van der Waals surface area contributed by atoms with Crippen LogP contribution in [0.25, 0.3) is 0 Å². The molecule has 0 aliphatic heterocycles. The Balaban J connectivity index is 2.83. The van der Waals surface area contributed by atoms with Crippen molar-refractivity contribution in [2.75, 3.05) is 0 Å². The lowest BCUT2D eigenvalue weighted by molar-refractivity contribution is -0.274. The second-order valence-electron chi connectivity index (χ2n) is 3.87.